The summed E-state index contributed by atoms with van der Waals surface area (Å²) in [6.45, 7) is 14.7. The second-order valence-corrected chi connectivity index (χ2v) is 4.66. The largest absolute Gasteiger partial charge is 0.343 e. The number of hydrogen-bond acceptors (Lipinski definition) is 1. The molecular weight excluding hydrogens is 210 g/mol. The van der Waals surface area contributed by atoms with Crippen LogP contribution in [0.5, 0.6) is 0 Å². The molecule has 0 aliphatic heterocycles. The highest BCUT2D eigenvalue weighted by Gasteiger charge is 2.07. The zero-order chi connectivity index (χ0) is 13.7. The monoisotopic (exact) mass is 243 g/mol. The summed E-state index contributed by atoms with van der Waals surface area (Å²) in [6, 6.07) is 0. The molecule has 0 unspecified atom stereocenters. The first-order valence-corrected chi connectivity index (χ1v) is 7.34. The van der Waals surface area contributed by atoms with Gasteiger partial charge in [0.1, 0.15) is 0 Å². The van der Waals surface area contributed by atoms with E-state index >= 15 is 0 Å². The molecule has 0 aromatic carbocycles. The number of carbonyl (C=O) groups excluding carboxylic acids is 1. The number of amides is 1. The molecule has 0 radical (unpaired) electrons. The van der Waals surface area contributed by atoms with E-state index in [0.717, 1.165) is 31.8 Å². The van der Waals surface area contributed by atoms with Crippen molar-refractivity contribution in [1.82, 2.24) is 4.90 Å². The predicted molar refractivity (Wildman–Crippen MR) is 77.2 cm³/mol. The summed E-state index contributed by atoms with van der Waals surface area (Å²) in [6.07, 6.45) is 5.42. The topological polar surface area (TPSA) is 20.3 Å². The molecule has 0 aliphatic rings. The van der Waals surface area contributed by atoms with Crippen LogP contribution in [0.3, 0.4) is 0 Å². The first-order chi connectivity index (χ1) is 8.06. The van der Waals surface area contributed by atoms with Crippen LogP contribution in [-0.2, 0) is 4.79 Å². The van der Waals surface area contributed by atoms with Crippen molar-refractivity contribution in [3.63, 3.8) is 0 Å². The van der Waals surface area contributed by atoms with Crippen LogP contribution in [0.1, 0.15) is 73.6 Å². The Morgan fingerprint density at radius 1 is 0.941 bits per heavy atom. The molecule has 2 heteroatoms. The third-order valence-corrected chi connectivity index (χ3v) is 3.04. The molecule has 17 heavy (non-hydrogen) atoms. The van der Waals surface area contributed by atoms with Crippen molar-refractivity contribution in [2.75, 3.05) is 13.1 Å². The molecule has 0 N–H and O–H groups in total. The molecule has 0 aromatic rings. The Hall–Kier alpha value is -0.530. The number of hydrogen-bond donors (Lipinski definition) is 0. The number of rotatable bonds is 7. The van der Waals surface area contributed by atoms with E-state index in [0.29, 0.717) is 6.42 Å². The van der Waals surface area contributed by atoms with Crippen molar-refractivity contribution in [2.45, 2.75) is 73.6 Å². The highest BCUT2D eigenvalue weighted by Crippen LogP contribution is 2.02. The third kappa shape index (κ3) is 11.7. The van der Waals surface area contributed by atoms with E-state index < -0.39 is 0 Å². The first-order valence-electron chi connectivity index (χ1n) is 7.34. The molecule has 0 aliphatic carbocycles. The maximum atomic E-state index is 11.2. The van der Waals surface area contributed by atoms with Crippen LogP contribution < -0.4 is 0 Å². The maximum Gasteiger partial charge on any atom is 0.222 e. The van der Waals surface area contributed by atoms with Gasteiger partial charge in [0.25, 0.3) is 0 Å². The van der Waals surface area contributed by atoms with Gasteiger partial charge in [-0.2, -0.15) is 0 Å². The third-order valence-electron chi connectivity index (χ3n) is 3.04. The Bertz CT molecular complexity index is 158. The SMILES string of the molecule is CCC(C)CC.CCCN(CCC)C(=O)CC. The Balaban J connectivity index is 0. The lowest BCUT2D eigenvalue weighted by molar-refractivity contribution is -0.130. The molecule has 0 bridgehead atoms. The molecule has 0 spiro atoms. The lowest BCUT2D eigenvalue weighted by Gasteiger charge is -2.20. The van der Waals surface area contributed by atoms with Gasteiger partial charge in [-0.3, -0.25) is 4.79 Å². The molecule has 0 heterocycles. The lowest BCUT2D eigenvalue weighted by atomic mass is 10.1. The van der Waals surface area contributed by atoms with Gasteiger partial charge in [0.2, 0.25) is 5.91 Å². The molecule has 0 saturated carbocycles. The Labute approximate surface area is 109 Å². The number of carbonyl (C=O) groups is 1. The average Bonchev–Trinajstić information content (AvgIpc) is 2.37. The highest BCUT2D eigenvalue weighted by molar-refractivity contribution is 5.75. The fourth-order valence-electron chi connectivity index (χ4n) is 1.41. The van der Waals surface area contributed by atoms with Gasteiger partial charge in [-0.05, 0) is 18.8 Å². The maximum absolute atomic E-state index is 11.2. The molecule has 0 rings (SSSR count). The fourth-order valence-corrected chi connectivity index (χ4v) is 1.41. The standard InChI is InChI=1S/C9H19NO.C6H14/c1-4-7-10(8-5-2)9(11)6-3;1-4-6(3)5-2/h4-8H2,1-3H3;6H,4-5H2,1-3H3. The minimum atomic E-state index is 0.286. The van der Waals surface area contributed by atoms with Gasteiger partial charge in [-0.1, -0.05) is 54.4 Å². The van der Waals surface area contributed by atoms with Crippen molar-refractivity contribution in [1.29, 1.82) is 0 Å². The van der Waals surface area contributed by atoms with Crippen LogP contribution in [0, 0.1) is 5.92 Å². The highest BCUT2D eigenvalue weighted by atomic mass is 16.2. The minimum Gasteiger partial charge on any atom is -0.343 e. The molecule has 0 aromatic heterocycles. The summed E-state index contributed by atoms with van der Waals surface area (Å²) in [5.74, 6) is 1.22. The van der Waals surface area contributed by atoms with Gasteiger partial charge in [0.15, 0.2) is 0 Å². The second-order valence-electron chi connectivity index (χ2n) is 4.66. The van der Waals surface area contributed by atoms with Crippen molar-refractivity contribution in [2.24, 2.45) is 5.92 Å². The average molecular weight is 243 g/mol. The second kappa shape index (κ2) is 13.5. The number of nitrogens with zero attached hydrogens (tertiary/aromatic N) is 1. The van der Waals surface area contributed by atoms with Crippen molar-refractivity contribution in [3.8, 4) is 0 Å². The van der Waals surface area contributed by atoms with E-state index in [1.807, 2.05) is 11.8 Å². The Kier molecular flexibility index (Phi) is 15.0. The zero-order valence-corrected chi connectivity index (χ0v) is 12.9. The van der Waals surface area contributed by atoms with Crippen molar-refractivity contribution >= 4 is 5.91 Å². The fraction of sp³-hybridized carbons (Fsp3) is 0.933. The van der Waals surface area contributed by atoms with Gasteiger partial charge >= 0.3 is 0 Å². The Morgan fingerprint density at radius 3 is 1.53 bits per heavy atom. The van der Waals surface area contributed by atoms with Crippen LogP contribution in [0.2, 0.25) is 0 Å². The summed E-state index contributed by atoms with van der Waals surface area (Å²) < 4.78 is 0. The summed E-state index contributed by atoms with van der Waals surface area (Å²) >= 11 is 0. The lowest BCUT2D eigenvalue weighted by Crippen LogP contribution is -2.31. The molecule has 1 amide bonds. The van der Waals surface area contributed by atoms with Crippen molar-refractivity contribution in [3.05, 3.63) is 0 Å². The first kappa shape index (κ1) is 18.8. The molecule has 0 fully saturated rings. The minimum absolute atomic E-state index is 0.286. The van der Waals surface area contributed by atoms with Gasteiger partial charge in [-0.15, -0.1) is 0 Å². The predicted octanol–water partition coefficient (Wildman–Crippen LogP) is 4.49. The van der Waals surface area contributed by atoms with Crippen molar-refractivity contribution < 1.29 is 4.79 Å². The zero-order valence-electron chi connectivity index (χ0n) is 12.9. The van der Waals surface area contributed by atoms with Gasteiger partial charge < -0.3 is 4.90 Å². The van der Waals surface area contributed by atoms with E-state index in [2.05, 4.69) is 34.6 Å². The van der Waals surface area contributed by atoms with Gasteiger partial charge in [0, 0.05) is 19.5 Å². The molecule has 0 saturated heterocycles. The molecule has 104 valence electrons. The molecule has 0 atom stereocenters. The molecule has 2 nitrogen and oxygen atoms in total. The van der Waals surface area contributed by atoms with Gasteiger partial charge in [0.05, 0.1) is 0 Å². The van der Waals surface area contributed by atoms with E-state index in [1.54, 1.807) is 0 Å². The summed E-state index contributed by atoms with van der Waals surface area (Å²) in [5.41, 5.74) is 0. The van der Waals surface area contributed by atoms with Crippen LogP contribution in [-0.4, -0.2) is 23.9 Å². The van der Waals surface area contributed by atoms with E-state index in [1.165, 1.54) is 12.8 Å². The normalized spacial score (nSPS) is 9.82. The summed E-state index contributed by atoms with van der Waals surface area (Å²) in [5, 5.41) is 0. The van der Waals surface area contributed by atoms with Gasteiger partial charge in [-0.25, -0.2) is 0 Å². The van der Waals surface area contributed by atoms with E-state index in [4.69, 9.17) is 0 Å². The van der Waals surface area contributed by atoms with Crippen LogP contribution in [0.4, 0.5) is 0 Å². The summed E-state index contributed by atoms with van der Waals surface area (Å²) in [7, 11) is 0. The van der Waals surface area contributed by atoms with E-state index in [9.17, 15) is 4.79 Å². The smallest absolute Gasteiger partial charge is 0.222 e. The van der Waals surface area contributed by atoms with E-state index in [-0.39, 0.29) is 5.91 Å². The van der Waals surface area contributed by atoms with Crippen LogP contribution in [0.15, 0.2) is 0 Å². The Morgan fingerprint density at radius 2 is 1.35 bits per heavy atom. The van der Waals surface area contributed by atoms with Crippen LogP contribution >= 0.6 is 0 Å². The molecular formula is C15H33NO. The summed E-state index contributed by atoms with van der Waals surface area (Å²) in [4.78, 5) is 13.2. The van der Waals surface area contributed by atoms with Crippen LogP contribution in [0.25, 0.3) is 0 Å². The quantitative estimate of drug-likeness (QED) is 0.645.